The summed E-state index contributed by atoms with van der Waals surface area (Å²) in [6.07, 6.45) is 2.05. The van der Waals surface area contributed by atoms with E-state index in [9.17, 15) is 0 Å². The van der Waals surface area contributed by atoms with Gasteiger partial charge in [0.2, 0.25) is 0 Å². The van der Waals surface area contributed by atoms with Crippen molar-refractivity contribution in [2.75, 3.05) is 0 Å². The molecular formula is C11H12N2S. The number of benzene rings is 1. The lowest BCUT2D eigenvalue weighted by Crippen LogP contribution is -2.32. The van der Waals surface area contributed by atoms with Crippen LogP contribution in [0.25, 0.3) is 5.70 Å². The van der Waals surface area contributed by atoms with E-state index in [2.05, 4.69) is 29.7 Å². The van der Waals surface area contributed by atoms with Crippen molar-refractivity contribution in [3.8, 4) is 0 Å². The molecule has 1 aromatic carbocycles. The van der Waals surface area contributed by atoms with E-state index in [1.807, 2.05) is 18.3 Å². The van der Waals surface area contributed by atoms with Crippen LogP contribution in [-0.2, 0) is 0 Å². The van der Waals surface area contributed by atoms with Crippen LogP contribution < -0.4 is 10.6 Å². The van der Waals surface area contributed by atoms with Crippen LogP contribution in [0.4, 0.5) is 0 Å². The number of thiocarbonyl (C=S) groups is 1. The number of hydrogen-bond acceptors (Lipinski definition) is 3. The second kappa shape index (κ2) is 3.80. The molecule has 0 amide bonds. The fraction of sp³-hybridized carbons (Fsp3) is 0.182. The van der Waals surface area contributed by atoms with Gasteiger partial charge in [-0.1, -0.05) is 36.5 Å². The molecule has 0 aliphatic carbocycles. The summed E-state index contributed by atoms with van der Waals surface area (Å²) in [7, 11) is 0. The Labute approximate surface area is 89.0 Å². The highest BCUT2D eigenvalue weighted by Crippen LogP contribution is 2.17. The molecule has 0 saturated heterocycles. The van der Waals surface area contributed by atoms with Crippen LogP contribution in [0.3, 0.4) is 0 Å². The first-order valence-corrected chi connectivity index (χ1v) is 5.02. The lowest BCUT2D eigenvalue weighted by molar-refractivity contribution is 0.750. The predicted octanol–water partition coefficient (Wildman–Crippen LogP) is 1.81. The van der Waals surface area contributed by atoms with Crippen LogP contribution in [0, 0.1) is 6.92 Å². The van der Waals surface area contributed by atoms with E-state index < -0.39 is 0 Å². The molecule has 0 saturated carbocycles. The molecule has 1 atom stereocenters. The van der Waals surface area contributed by atoms with Gasteiger partial charge in [0.1, 0.15) is 6.17 Å². The van der Waals surface area contributed by atoms with Crippen molar-refractivity contribution >= 4 is 23.3 Å². The van der Waals surface area contributed by atoms with E-state index >= 15 is 0 Å². The number of rotatable bonds is 2. The van der Waals surface area contributed by atoms with Gasteiger partial charge >= 0.3 is 0 Å². The van der Waals surface area contributed by atoms with Crippen molar-refractivity contribution in [1.29, 1.82) is 0 Å². The molecule has 2 N–H and O–H groups in total. The fourth-order valence-electron chi connectivity index (χ4n) is 1.53. The number of hydrogen-bond donors (Lipinski definition) is 2. The van der Waals surface area contributed by atoms with E-state index in [1.54, 1.807) is 5.37 Å². The normalized spacial score (nSPS) is 19.5. The van der Waals surface area contributed by atoms with E-state index in [0.717, 1.165) is 5.70 Å². The Morgan fingerprint density at radius 2 is 2.14 bits per heavy atom. The summed E-state index contributed by atoms with van der Waals surface area (Å²) in [6.45, 7) is 2.10. The first-order valence-electron chi connectivity index (χ1n) is 4.55. The highest BCUT2D eigenvalue weighted by atomic mass is 32.1. The standard InChI is InChI=1S/C11H12N2S/c1-8-4-2-3-5-9(8)10-6-12-11(7-14)13-10/h2-7,11-13H,1H3. The van der Waals surface area contributed by atoms with Crippen LogP contribution in [0.1, 0.15) is 11.1 Å². The molecule has 1 unspecified atom stereocenters. The van der Waals surface area contributed by atoms with Gasteiger partial charge in [-0.15, -0.1) is 0 Å². The Morgan fingerprint density at radius 1 is 1.36 bits per heavy atom. The second-order valence-electron chi connectivity index (χ2n) is 3.30. The molecule has 1 aliphatic rings. The molecule has 0 radical (unpaired) electrons. The monoisotopic (exact) mass is 204 g/mol. The highest BCUT2D eigenvalue weighted by molar-refractivity contribution is 7.79. The van der Waals surface area contributed by atoms with Gasteiger partial charge in [0.25, 0.3) is 0 Å². The average molecular weight is 204 g/mol. The van der Waals surface area contributed by atoms with E-state index in [0.29, 0.717) is 0 Å². The molecule has 1 aromatic rings. The maximum Gasteiger partial charge on any atom is 0.126 e. The number of nitrogens with one attached hydrogen (secondary N) is 2. The van der Waals surface area contributed by atoms with Crippen molar-refractivity contribution in [2.45, 2.75) is 13.1 Å². The minimum Gasteiger partial charge on any atom is -0.366 e. The molecule has 1 aliphatic heterocycles. The molecule has 2 rings (SSSR count). The zero-order valence-corrected chi connectivity index (χ0v) is 8.77. The van der Waals surface area contributed by atoms with Crippen molar-refractivity contribution < 1.29 is 0 Å². The Bertz CT molecular complexity index is 385. The van der Waals surface area contributed by atoms with Gasteiger partial charge in [0.15, 0.2) is 0 Å². The van der Waals surface area contributed by atoms with Gasteiger partial charge in [-0.2, -0.15) is 0 Å². The largest absolute Gasteiger partial charge is 0.366 e. The van der Waals surface area contributed by atoms with Gasteiger partial charge in [0.05, 0.1) is 5.70 Å². The zero-order valence-electron chi connectivity index (χ0n) is 7.95. The van der Waals surface area contributed by atoms with Crippen molar-refractivity contribution in [3.63, 3.8) is 0 Å². The smallest absolute Gasteiger partial charge is 0.126 e. The Hall–Kier alpha value is -1.35. The third-order valence-corrected chi connectivity index (χ3v) is 2.56. The molecule has 14 heavy (non-hydrogen) atoms. The summed E-state index contributed by atoms with van der Waals surface area (Å²) in [5, 5.41) is 8.12. The highest BCUT2D eigenvalue weighted by Gasteiger charge is 2.14. The molecule has 1 heterocycles. The lowest BCUT2D eigenvalue weighted by Gasteiger charge is -2.09. The third kappa shape index (κ3) is 1.63. The van der Waals surface area contributed by atoms with Crippen LogP contribution in [0.15, 0.2) is 30.5 Å². The Kier molecular flexibility index (Phi) is 2.50. The Morgan fingerprint density at radius 3 is 2.79 bits per heavy atom. The predicted molar refractivity (Wildman–Crippen MR) is 62.9 cm³/mol. The Balaban J connectivity index is 2.25. The fourth-order valence-corrected chi connectivity index (χ4v) is 1.67. The van der Waals surface area contributed by atoms with Gasteiger partial charge in [0, 0.05) is 17.1 Å². The molecular weight excluding hydrogens is 192 g/mol. The maximum absolute atomic E-state index is 4.86. The van der Waals surface area contributed by atoms with E-state index in [4.69, 9.17) is 12.2 Å². The van der Waals surface area contributed by atoms with E-state index in [1.165, 1.54) is 11.1 Å². The molecule has 0 bridgehead atoms. The van der Waals surface area contributed by atoms with Gasteiger partial charge in [-0.3, -0.25) is 0 Å². The van der Waals surface area contributed by atoms with Gasteiger partial charge in [-0.05, 0) is 12.5 Å². The van der Waals surface area contributed by atoms with Crippen LogP contribution in [0.2, 0.25) is 0 Å². The van der Waals surface area contributed by atoms with Crippen molar-refractivity contribution in [1.82, 2.24) is 10.6 Å². The molecule has 0 fully saturated rings. The topological polar surface area (TPSA) is 24.1 Å². The third-order valence-electron chi connectivity index (χ3n) is 2.29. The minimum atomic E-state index is 0.0830. The minimum absolute atomic E-state index is 0.0830. The number of aryl methyl sites for hydroxylation is 1. The van der Waals surface area contributed by atoms with Crippen molar-refractivity contribution in [2.24, 2.45) is 0 Å². The van der Waals surface area contributed by atoms with Gasteiger partial charge in [-0.25, -0.2) is 0 Å². The summed E-state index contributed by atoms with van der Waals surface area (Å²) in [5.74, 6) is 0. The summed E-state index contributed by atoms with van der Waals surface area (Å²) in [6, 6.07) is 8.28. The first kappa shape index (κ1) is 9.21. The SMILES string of the molecule is Cc1ccccc1C1=CNC(C=S)N1. The summed E-state index contributed by atoms with van der Waals surface area (Å²) in [4.78, 5) is 0. The summed E-state index contributed by atoms with van der Waals surface area (Å²) >= 11 is 4.86. The molecule has 72 valence electrons. The second-order valence-corrected chi connectivity index (χ2v) is 3.57. The van der Waals surface area contributed by atoms with Crippen molar-refractivity contribution in [3.05, 3.63) is 41.6 Å². The van der Waals surface area contributed by atoms with Crippen LogP contribution in [0.5, 0.6) is 0 Å². The van der Waals surface area contributed by atoms with E-state index in [-0.39, 0.29) is 6.17 Å². The molecule has 2 nitrogen and oxygen atoms in total. The van der Waals surface area contributed by atoms with Crippen LogP contribution >= 0.6 is 12.2 Å². The summed E-state index contributed by atoms with van der Waals surface area (Å²) < 4.78 is 0. The maximum atomic E-state index is 4.86. The average Bonchev–Trinajstić information content (AvgIpc) is 2.67. The molecule has 0 spiro atoms. The lowest BCUT2D eigenvalue weighted by atomic mass is 10.1. The van der Waals surface area contributed by atoms with Crippen LogP contribution in [-0.4, -0.2) is 11.5 Å². The zero-order chi connectivity index (χ0) is 9.97. The van der Waals surface area contributed by atoms with Gasteiger partial charge < -0.3 is 10.6 Å². The molecule has 0 aromatic heterocycles. The molecule has 3 heteroatoms. The quantitative estimate of drug-likeness (QED) is 0.718. The summed E-state index contributed by atoms with van der Waals surface area (Å²) in [5.41, 5.74) is 3.59. The first-order chi connectivity index (χ1) is 6.81.